The third-order valence-corrected chi connectivity index (χ3v) is 2.97. The molecule has 1 aromatic carbocycles. The van der Waals surface area contributed by atoms with Crippen molar-refractivity contribution in [1.82, 2.24) is 0 Å². The van der Waals surface area contributed by atoms with Gasteiger partial charge in [0.2, 0.25) is 0 Å². The van der Waals surface area contributed by atoms with E-state index in [0.29, 0.717) is 18.8 Å². The van der Waals surface area contributed by atoms with Gasteiger partial charge in [0.1, 0.15) is 6.10 Å². The summed E-state index contributed by atoms with van der Waals surface area (Å²) < 4.78 is 15.4. The molecule has 1 heterocycles. The van der Waals surface area contributed by atoms with Crippen LogP contribution in [0.3, 0.4) is 0 Å². The zero-order valence-electron chi connectivity index (χ0n) is 11.2. The van der Waals surface area contributed by atoms with Crippen LogP contribution in [-0.4, -0.2) is 42.1 Å². The summed E-state index contributed by atoms with van der Waals surface area (Å²) in [6.07, 6.45) is -3.44. The Labute approximate surface area is 116 Å². The van der Waals surface area contributed by atoms with Gasteiger partial charge in [-0.05, 0) is 18.6 Å². The minimum Gasteiger partial charge on any atom is -0.464 e. The van der Waals surface area contributed by atoms with Gasteiger partial charge in [0.15, 0.2) is 12.4 Å². The summed E-state index contributed by atoms with van der Waals surface area (Å²) in [4.78, 5) is 11.4. The lowest BCUT2D eigenvalue weighted by atomic mass is 10.0. The Hall–Kier alpha value is -1.47. The fourth-order valence-electron chi connectivity index (χ4n) is 1.98. The van der Waals surface area contributed by atoms with Crippen LogP contribution in [0.5, 0.6) is 0 Å². The summed E-state index contributed by atoms with van der Waals surface area (Å²) in [6.45, 7) is 2.81. The van der Waals surface area contributed by atoms with E-state index in [4.69, 9.17) is 9.47 Å². The lowest BCUT2D eigenvalue weighted by molar-refractivity contribution is -0.159. The van der Waals surface area contributed by atoms with Crippen molar-refractivity contribution in [2.24, 2.45) is 0 Å². The minimum atomic E-state index is -1.62. The van der Waals surface area contributed by atoms with E-state index in [0.717, 1.165) is 5.56 Å². The first-order chi connectivity index (χ1) is 9.63. The van der Waals surface area contributed by atoms with E-state index in [1.807, 2.05) is 0 Å². The third-order valence-electron chi connectivity index (χ3n) is 2.97. The number of carbonyl (C=O) groups excluding carboxylic acids is 1. The van der Waals surface area contributed by atoms with Gasteiger partial charge in [0, 0.05) is 5.56 Å². The average molecular weight is 282 g/mol. The normalized spacial score (nSPS) is 18.8. The molecular weight excluding hydrogens is 264 g/mol. The molecule has 0 spiro atoms. The molecule has 0 saturated carbocycles. The zero-order valence-corrected chi connectivity index (χ0v) is 11.2. The van der Waals surface area contributed by atoms with Crippen molar-refractivity contribution < 1.29 is 29.2 Å². The molecule has 0 radical (unpaired) electrons. The molecule has 2 unspecified atom stereocenters. The van der Waals surface area contributed by atoms with Crippen LogP contribution in [0.1, 0.15) is 30.4 Å². The van der Waals surface area contributed by atoms with Crippen LogP contribution in [0.15, 0.2) is 24.3 Å². The summed E-state index contributed by atoms with van der Waals surface area (Å²) in [7, 11) is 0. The van der Waals surface area contributed by atoms with Gasteiger partial charge in [0.05, 0.1) is 19.8 Å². The molecule has 6 nitrogen and oxygen atoms in total. The van der Waals surface area contributed by atoms with E-state index in [1.54, 1.807) is 31.2 Å². The van der Waals surface area contributed by atoms with Crippen LogP contribution in [0, 0.1) is 0 Å². The molecule has 1 fully saturated rings. The molecule has 2 rings (SSSR count). The highest BCUT2D eigenvalue weighted by molar-refractivity contribution is 5.75. The Morgan fingerprint density at radius 3 is 2.75 bits per heavy atom. The quantitative estimate of drug-likeness (QED) is 0.773. The zero-order chi connectivity index (χ0) is 14.5. The number of aliphatic hydroxyl groups excluding tert-OH is 2. The van der Waals surface area contributed by atoms with Gasteiger partial charge in [-0.2, -0.15) is 0 Å². The van der Waals surface area contributed by atoms with Crippen LogP contribution < -0.4 is 0 Å². The van der Waals surface area contributed by atoms with E-state index in [9.17, 15) is 15.0 Å². The van der Waals surface area contributed by atoms with Gasteiger partial charge in [0.25, 0.3) is 0 Å². The number of ether oxygens (including phenoxy) is 3. The van der Waals surface area contributed by atoms with E-state index < -0.39 is 24.5 Å². The number of aliphatic hydroxyl groups is 2. The summed E-state index contributed by atoms with van der Waals surface area (Å²) in [5.41, 5.74) is 1.14. The molecule has 0 amide bonds. The predicted octanol–water partition coefficient (Wildman–Crippen LogP) is 0.689. The third kappa shape index (κ3) is 3.34. The number of esters is 1. The van der Waals surface area contributed by atoms with E-state index >= 15 is 0 Å². The first-order valence-corrected chi connectivity index (χ1v) is 6.49. The van der Waals surface area contributed by atoms with E-state index in [2.05, 4.69) is 4.74 Å². The van der Waals surface area contributed by atoms with Crippen LogP contribution in [0.25, 0.3) is 0 Å². The number of rotatable bonds is 5. The highest BCUT2D eigenvalue weighted by Gasteiger charge is 2.28. The molecule has 0 aliphatic carbocycles. The van der Waals surface area contributed by atoms with Crippen LogP contribution >= 0.6 is 0 Å². The standard InChI is InChI=1S/C14H18O6/c1-2-18-13(17)12(16)11(15)9-4-3-5-10(8-9)14-19-6-7-20-14/h3-5,8,11-12,14-16H,2,6-7H2,1H3. The minimum absolute atomic E-state index is 0.145. The first-order valence-electron chi connectivity index (χ1n) is 6.49. The highest BCUT2D eigenvalue weighted by atomic mass is 16.7. The van der Waals surface area contributed by atoms with Crippen molar-refractivity contribution in [3.05, 3.63) is 35.4 Å². The fourth-order valence-corrected chi connectivity index (χ4v) is 1.98. The molecular formula is C14H18O6. The lowest BCUT2D eigenvalue weighted by Crippen LogP contribution is -2.30. The first kappa shape index (κ1) is 14.9. The van der Waals surface area contributed by atoms with Crippen LogP contribution in [-0.2, 0) is 19.0 Å². The summed E-state index contributed by atoms with van der Waals surface area (Å²) >= 11 is 0. The van der Waals surface area contributed by atoms with Gasteiger partial charge < -0.3 is 24.4 Å². The largest absolute Gasteiger partial charge is 0.464 e. The smallest absolute Gasteiger partial charge is 0.338 e. The SMILES string of the molecule is CCOC(=O)C(O)C(O)c1cccc(C2OCCO2)c1. The van der Waals surface area contributed by atoms with Gasteiger partial charge in [-0.3, -0.25) is 0 Å². The summed E-state index contributed by atoms with van der Waals surface area (Å²) in [5.74, 6) is -0.848. The van der Waals surface area contributed by atoms with E-state index in [-0.39, 0.29) is 6.61 Å². The predicted molar refractivity (Wildman–Crippen MR) is 68.7 cm³/mol. The van der Waals surface area contributed by atoms with Crippen LogP contribution in [0.4, 0.5) is 0 Å². The van der Waals surface area contributed by atoms with Gasteiger partial charge in [-0.15, -0.1) is 0 Å². The Kier molecular flexibility index (Phi) is 5.08. The maximum atomic E-state index is 11.4. The second kappa shape index (κ2) is 6.81. The highest BCUT2D eigenvalue weighted by Crippen LogP contribution is 2.26. The Morgan fingerprint density at radius 2 is 2.10 bits per heavy atom. The van der Waals surface area contributed by atoms with Gasteiger partial charge >= 0.3 is 5.97 Å². The van der Waals surface area contributed by atoms with E-state index in [1.165, 1.54) is 0 Å². The van der Waals surface area contributed by atoms with Gasteiger partial charge in [-0.25, -0.2) is 4.79 Å². The maximum absolute atomic E-state index is 11.4. The Bertz CT molecular complexity index is 455. The van der Waals surface area contributed by atoms with Crippen molar-refractivity contribution in [2.75, 3.05) is 19.8 Å². The second-order valence-corrected chi connectivity index (χ2v) is 4.39. The molecule has 2 atom stereocenters. The van der Waals surface area contributed by atoms with Crippen molar-refractivity contribution in [3.63, 3.8) is 0 Å². The van der Waals surface area contributed by atoms with Crippen LogP contribution in [0.2, 0.25) is 0 Å². The molecule has 1 aromatic rings. The monoisotopic (exact) mass is 282 g/mol. The summed E-state index contributed by atoms with van der Waals surface area (Å²) in [5, 5.41) is 19.8. The molecule has 2 N–H and O–H groups in total. The number of hydrogen-bond acceptors (Lipinski definition) is 6. The average Bonchev–Trinajstić information content (AvgIpc) is 3.00. The van der Waals surface area contributed by atoms with Gasteiger partial charge in [-0.1, -0.05) is 18.2 Å². The van der Waals surface area contributed by atoms with Crippen molar-refractivity contribution in [2.45, 2.75) is 25.4 Å². The number of benzene rings is 1. The Balaban J connectivity index is 2.11. The fraction of sp³-hybridized carbons (Fsp3) is 0.500. The molecule has 1 aliphatic rings. The maximum Gasteiger partial charge on any atom is 0.338 e. The lowest BCUT2D eigenvalue weighted by Gasteiger charge is -2.18. The molecule has 1 saturated heterocycles. The number of hydrogen-bond donors (Lipinski definition) is 2. The second-order valence-electron chi connectivity index (χ2n) is 4.39. The van der Waals surface area contributed by atoms with Crippen molar-refractivity contribution in [3.8, 4) is 0 Å². The van der Waals surface area contributed by atoms with Crippen molar-refractivity contribution >= 4 is 5.97 Å². The summed E-state index contributed by atoms with van der Waals surface area (Å²) in [6, 6.07) is 6.76. The number of carbonyl (C=O) groups is 1. The molecule has 0 aromatic heterocycles. The molecule has 6 heteroatoms. The molecule has 0 bridgehead atoms. The Morgan fingerprint density at radius 1 is 1.40 bits per heavy atom. The molecule has 1 aliphatic heterocycles. The van der Waals surface area contributed by atoms with Crippen molar-refractivity contribution in [1.29, 1.82) is 0 Å². The molecule has 110 valence electrons. The molecule has 20 heavy (non-hydrogen) atoms. The topological polar surface area (TPSA) is 85.2 Å².